The molecule has 1 N–H and O–H groups in total. The molecule has 124 valence electrons. The zero-order valence-electron chi connectivity index (χ0n) is 15.1. The van der Waals surface area contributed by atoms with Crippen molar-refractivity contribution in [2.75, 3.05) is 19.6 Å². The zero-order chi connectivity index (χ0) is 15.5. The lowest BCUT2D eigenvalue weighted by molar-refractivity contribution is 0.0606. The van der Waals surface area contributed by atoms with Gasteiger partial charge in [-0.1, -0.05) is 33.6 Å². The lowest BCUT2D eigenvalue weighted by Crippen LogP contribution is -2.50. The summed E-state index contributed by atoms with van der Waals surface area (Å²) in [6.07, 6.45) is 8.64. The zero-order valence-corrected chi connectivity index (χ0v) is 15.1. The third-order valence-corrected chi connectivity index (χ3v) is 5.53. The molecule has 0 radical (unpaired) electrons. The Kier molecular flexibility index (Phi) is 6.14. The summed E-state index contributed by atoms with van der Waals surface area (Å²) in [7, 11) is 0. The summed E-state index contributed by atoms with van der Waals surface area (Å²) in [6, 6.07) is 1.30. The summed E-state index contributed by atoms with van der Waals surface area (Å²) in [5, 5.41) is 3.76. The summed E-state index contributed by atoms with van der Waals surface area (Å²) in [5.74, 6) is 1.91. The van der Waals surface area contributed by atoms with Gasteiger partial charge < -0.3 is 10.2 Å². The van der Waals surface area contributed by atoms with Crippen LogP contribution in [0.5, 0.6) is 0 Å². The largest absolute Gasteiger partial charge is 0.314 e. The van der Waals surface area contributed by atoms with Crippen LogP contribution in [0, 0.1) is 17.3 Å². The topological polar surface area (TPSA) is 15.3 Å². The van der Waals surface area contributed by atoms with Gasteiger partial charge in [-0.2, -0.15) is 0 Å². The number of rotatable bonds is 8. The first-order chi connectivity index (χ1) is 9.90. The minimum atomic E-state index is 0.515. The van der Waals surface area contributed by atoms with Crippen molar-refractivity contribution >= 4 is 0 Å². The van der Waals surface area contributed by atoms with E-state index in [9.17, 15) is 0 Å². The molecule has 0 bridgehead atoms. The smallest absolute Gasteiger partial charge is 0.00531 e. The molecule has 0 spiro atoms. The van der Waals surface area contributed by atoms with Gasteiger partial charge in [-0.25, -0.2) is 0 Å². The number of hydrogen-bond donors (Lipinski definition) is 1. The highest BCUT2D eigenvalue weighted by Crippen LogP contribution is 2.41. The third-order valence-electron chi connectivity index (χ3n) is 5.53. The molecule has 2 heteroatoms. The molecular formula is C19H38N2. The Morgan fingerprint density at radius 3 is 2.38 bits per heavy atom. The molecule has 21 heavy (non-hydrogen) atoms. The quantitative estimate of drug-likeness (QED) is 0.718. The van der Waals surface area contributed by atoms with Crippen molar-refractivity contribution in [3.05, 3.63) is 0 Å². The third kappa shape index (κ3) is 5.56. The summed E-state index contributed by atoms with van der Waals surface area (Å²) in [4.78, 5) is 2.79. The van der Waals surface area contributed by atoms with Crippen LogP contribution in [0.1, 0.15) is 73.1 Å². The van der Waals surface area contributed by atoms with E-state index < -0.39 is 0 Å². The first kappa shape index (κ1) is 17.3. The fourth-order valence-electron chi connectivity index (χ4n) is 4.07. The van der Waals surface area contributed by atoms with Gasteiger partial charge in [0.2, 0.25) is 0 Å². The highest BCUT2D eigenvalue weighted by molar-refractivity contribution is 4.92. The van der Waals surface area contributed by atoms with E-state index in [0.29, 0.717) is 17.5 Å². The number of nitrogens with zero attached hydrogens (tertiary/aromatic N) is 1. The van der Waals surface area contributed by atoms with Crippen LogP contribution in [0.4, 0.5) is 0 Å². The van der Waals surface area contributed by atoms with Crippen molar-refractivity contribution in [1.82, 2.24) is 10.2 Å². The van der Waals surface area contributed by atoms with Crippen LogP contribution in [-0.2, 0) is 0 Å². The number of nitrogens with one attached hydrogen (secondary N) is 1. The molecule has 2 rings (SSSR count). The predicted molar refractivity (Wildman–Crippen MR) is 92.6 cm³/mol. The summed E-state index contributed by atoms with van der Waals surface area (Å²) < 4.78 is 0. The van der Waals surface area contributed by atoms with Gasteiger partial charge in [0, 0.05) is 31.7 Å². The molecule has 0 saturated heterocycles. The maximum Gasteiger partial charge on any atom is 0.00531 e. The van der Waals surface area contributed by atoms with Crippen LogP contribution >= 0.6 is 0 Å². The van der Waals surface area contributed by atoms with E-state index in [2.05, 4.69) is 44.8 Å². The molecule has 2 nitrogen and oxygen atoms in total. The number of hydrogen-bond acceptors (Lipinski definition) is 2. The Hall–Kier alpha value is -0.0800. The maximum absolute atomic E-state index is 3.76. The molecule has 0 aromatic heterocycles. The molecule has 0 aromatic carbocycles. The SMILES string of the molecule is CC1CCCC(CNC(C)C)(CN(CC2CC2)C(C)C)C1. The van der Waals surface area contributed by atoms with Gasteiger partial charge in [0.05, 0.1) is 0 Å². The Labute approximate surface area is 133 Å². The van der Waals surface area contributed by atoms with E-state index in [1.807, 2.05) is 0 Å². The van der Waals surface area contributed by atoms with Crippen molar-refractivity contribution in [1.29, 1.82) is 0 Å². The van der Waals surface area contributed by atoms with Crippen molar-refractivity contribution in [3.8, 4) is 0 Å². The molecule has 0 heterocycles. The lowest BCUT2D eigenvalue weighted by Gasteiger charge is -2.45. The van der Waals surface area contributed by atoms with Crippen LogP contribution in [0.2, 0.25) is 0 Å². The van der Waals surface area contributed by atoms with Gasteiger partial charge in [-0.15, -0.1) is 0 Å². The average Bonchev–Trinajstić information content (AvgIpc) is 3.20. The molecule has 2 atom stereocenters. The molecule has 0 aliphatic heterocycles. The lowest BCUT2D eigenvalue weighted by atomic mass is 9.69. The first-order valence-corrected chi connectivity index (χ1v) is 9.38. The van der Waals surface area contributed by atoms with Gasteiger partial charge in [0.1, 0.15) is 0 Å². The highest BCUT2D eigenvalue weighted by atomic mass is 15.2. The molecule has 0 amide bonds. The normalized spacial score (nSPS) is 30.6. The van der Waals surface area contributed by atoms with E-state index in [-0.39, 0.29) is 0 Å². The Morgan fingerprint density at radius 1 is 1.14 bits per heavy atom. The molecule has 2 aliphatic rings. The van der Waals surface area contributed by atoms with Crippen molar-refractivity contribution in [2.45, 2.75) is 85.2 Å². The van der Waals surface area contributed by atoms with Crippen LogP contribution in [0.3, 0.4) is 0 Å². The van der Waals surface area contributed by atoms with E-state index >= 15 is 0 Å². The standard InChI is InChI=1S/C19H38N2/c1-15(2)20-13-19(10-6-7-17(5)11-19)14-21(16(3)4)12-18-8-9-18/h15-18,20H,6-14H2,1-5H3. The second-order valence-electron chi connectivity index (χ2n) is 8.70. The molecule has 0 aromatic rings. The highest BCUT2D eigenvalue weighted by Gasteiger charge is 2.38. The van der Waals surface area contributed by atoms with Gasteiger partial charge in [0.15, 0.2) is 0 Å². The van der Waals surface area contributed by atoms with E-state index in [1.54, 1.807) is 0 Å². The summed E-state index contributed by atoms with van der Waals surface area (Å²) >= 11 is 0. The molecule has 2 fully saturated rings. The van der Waals surface area contributed by atoms with Crippen LogP contribution in [-0.4, -0.2) is 36.6 Å². The minimum Gasteiger partial charge on any atom is -0.314 e. The second-order valence-corrected chi connectivity index (χ2v) is 8.70. The minimum absolute atomic E-state index is 0.515. The first-order valence-electron chi connectivity index (χ1n) is 9.38. The van der Waals surface area contributed by atoms with Crippen LogP contribution in [0.25, 0.3) is 0 Å². The van der Waals surface area contributed by atoms with Gasteiger partial charge in [-0.05, 0) is 56.8 Å². The van der Waals surface area contributed by atoms with Gasteiger partial charge >= 0.3 is 0 Å². The average molecular weight is 295 g/mol. The van der Waals surface area contributed by atoms with Crippen LogP contribution < -0.4 is 5.32 Å². The fraction of sp³-hybridized carbons (Fsp3) is 1.00. The van der Waals surface area contributed by atoms with Gasteiger partial charge in [0.25, 0.3) is 0 Å². The van der Waals surface area contributed by atoms with Crippen LogP contribution in [0.15, 0.2) is 0 Å². The second kappa shape index (κ2) is 7.46. The van der Waals surface area contributed by atoms with E-state index in [0.717, 1.165) is 11.8 Å². The monoisotopic (exact) mass is 294 g/mol. The van der Waals surface area contributed by atoms with E-state index in [1.165, 1.54) is 58.2 Å². The molecular weight excluding hydrogens is 256 g/mol. The Balaban J connectivity index is 2.01. The van der Waals surface area contributed by atoms with Gasteiger partial charge in [-0.3, -0.25) is 0 Å². The molecule has 2 aliphatic carbocycles. The molecule has 2 saturated carbocycles. The summed E-state index contributed by atoms with van der Waals surface area (Å²) in [5.41, 5.74) is 0.515. The summed E-state index contributed by atoms with van der Waals surface area (Å²) in [6.45, 7) is 15.7. The van der Waals surface area contributed by atoms with Crippen molar-refractivity contribution in [2.24, 2.45) is 17.3 Å². The van der Waals surface area contributed by atoms with E-state index in [4.69, 9.17) is 0 Å². The maximum atomic E-state index is 3.76. The Bertz CT molecular complexity index is 309. The van der Waals surface area contributed by atoms with Crippen molar-refractivity contribution in [3.63, 3.8) is 0 Å². The van der Waals surface area contributed by atoms with Crippen molar-refractivity contribution < 1.29 is 0 Å². The molecule has 2 unspecified atom stereocenters. The fourth-order valence-corrected chi connectivity index (χ4v) is 4.07. The predicted octanol–water partition coefficient (Wildman–Crippen LogP) is 4.30. The Morgan fingerprint density at radius 2 is 1.86 bits per heavy atom.